The van der Waals surface area contributed by atoms with Gasteiger partial charge in [-0.05, 0) is 40.7 Å². The molecular weight excluding hydrogens is 306 g/mol. The first-order chi connectivity index (χ1) is 11.1. The van der Waals surface area contributed by atoms with Crippen LogP contribution in [-0.4, -0.2) is 40.8 Å². The predicted molar refractivity (Wildman–Crippen MR) is 91.8 cm³/mol. The van der Waals surface area contributed by atoms with Crippen LogP contribution in [-0.2, 0) is 9.47 Å². The Kier molecular flexibility index (Phi) is 5.13. The van der Waals surface area contributed by atoms with Crippen LogP contribution in [0.25, 0.3) is 0 Å². The summed E-state index contributed by atoms with van der Waals surface area (Å²) in [6, 6.07) is 8.66. The van der Waals surface area contributed by atoms with Crippen molar-refractivity contribution in [3.8, 4) is 0 Å². The van der Waals surface area contributed by atoms with Crippen LogP contribution in [0.15, 0.2) is 42.5 Å². The minimum atomic E-state index is -0.785. The van der Waals surface area contributed by atoms with E-state index < -0.39 is 17.4 Å². The fraction of sp³-hybridized carbons (Fsp3) is 0.474. The van der Waals surface area contributed by atoms with Crippen molar-refractivity contribution in [1.29, 1.82) is 0 Å². The maximum Gasteiger partial charge on any atom is 0.413 e. The quantitative estimate of drug-likeness (QED) is 0.624. The summed E-state index contributed by atoms with van der Waals surface area (Å²) in [5, 5.41) is 0. The summed E-state index contributed by atoms with van der Waals surface area (Å²) >= 11 is 0. The first kappa shape index (κ1) is 18.2. The zero-order chi connectivity index (χ0) is 18.0. The molecule has 2 rings (SSSR count). The second kappa shape index (κ2) is 6.77. The van der Waals surface area contributed by atoms with Crippen LogP contribution < -0.4 is 0 Å². The van der Waals surface area contributed by atoms with Crippen LogP contribution in [0.4, 0.5) is 4.79 Å². The summed E-state index contributed by atoms with van der Waals surface area (Å²) in [5.41, 5.74) is -0.771. The number of hydrogen-bond acceptors (Lipinski definition) is 4. The molecule has 1 aliphatic heterocycles. The van der Waals surface area contributed by atoms with Crippen molar-refractivity contribution in [3.63, 3.8) is 0 Å². The van der Waals surface area contributed by atoms with Gasteiger partial charge in [-0.3, -0.25) is 9.69 Å². The van der Waals surface area contributed by atoms with E-state index in [1.165, 1.54) is 11.0 Å². The summed E-state index contributed by atoms with van der Waals surface area (Å²) in [4.78, 5) is 26.2. The van der Waals surface area contributed by atoms with Gasteiger partial charge in [-0.25, -0.2) is 4.79 Å². The summed E-state index contributed by atoms with van der Waals surface area (Å²) in [6.45, 7) is 9.40. The molecule has 1 atom stereocenters. The fourth-order valence-corrected chi connectivity index (χ4v) is 2.54. The standard InChI is InChI=1S/C19H25NO4/c1-18(2,3)24-17(22)20-15(13-23-19(20,4)5)11-12-16(21)14-9-7-6-8-10-14/h6-12,15H,13H2,1-5H3/b12-11+/t15-/m1/s1. The first-order valence-electron chi connectivity index (χ1n) is 8.04. The molecule has 0 saturated carbocycles. The maximum atomic E-state index is 12.5. The SMILES string of the molecule is CC(C)(C)OC(=O)N1[C@H](/C=C/C(=O)c2ccccc2)COC1(C)C. The largest absolute Gasteiger partial charge is 0.444 e. The van der Waals surface area contributed by atoms with E-state index in [-0.39, 0.29) is 11.8 Å². The average molecular weight is 331 g/mol. The Labute approximate surface area is 143 Å². The molecule has 0 unspecified atom stereocenters. The number of hydrogen-bond donors (Lipinski definition) is 0. The number of ether oxygens (including phenoxy) is 2. The van der Waals surface area contributed by atoms with Crippen molar-refractivity contribution in [2.45, 2.75) is 52.0 Å². The topological polar surface area (TPSA) is 55.8 Å². The van der Waals surface area contributed by atoms with Gasteiger partial charge in [-0.1, -0.05) is 36.4 Å². The van der Waals surface area contributed by atoms with Gasteiger partial charge in [0, 0.05) is 5.56 Å². The molecule has 1 aromatic rings. The highest BCUT2D eigenvalue weighted by Crippen LogP contribution is 2.30. The Morgan fingerprint density at radius 2 is 1.88 bits per heavy atom. The van der Waals surface area contributed by atoms with Gasteiger partial charge in [0.05, 0.1) is 12.6 Å². The average Bonchev–Trinajstić information content (AvgIpc) is 2.78. The van der Waals surface area contributed by atoms with E-state index in [2.05, 4.69) is 0 Å². The minimum Gasteiger partial charge on any atom is -0.444 e. The molecule has 0 N–H and O–H groups in total. The highest BCUT2D eigenvalue weighted by molar-refractivity contribution is 6.04. The van der Waals surface area contributed by atoms with Gasteiger partial charge in [-0.2, -0.15) is 0 Å². The van der Waals surface area contributed by atoms with Crippen molar-refractivity contribution in [2.24, 2.45) is 0 Å². The van der Waals surface area contributed by atoms with E-state index in [1.807, 2.05) is 52.8 Å². The van der Waals surface area contributed by atoms with Crippen LogP contribution in [0.5, 0.6) is 0 Å². The van der Waals surface area contributed by atoms with Gasteiger partial charge in [0.1, 0.15) is 11.3 Å². The van der Waals surface area contributed by atoms with Gasteiger partial charge in [0.15, 0.2) is 5.78 Å². The van der Waals surface area contributed by atoms with E-state index >= 15 is 0 Å². The Balaban J connectivity index is 2.15. The highest BCUT2D eigenvalue weighted by atomic mass is 16.6. The zero-order valence-electron chi connectivity index (χ0n) is 14.9. The van der Waals surface area contributed by atoms with Gasteiger partial charge < -0.3 is 9.47 Å². The third-order valence-electron chi connectivity index (χ3n) is 3.64. The predicted octanol–water partition coefficient (Wildman–Crippen LogP) is 3.80. The second-order valence-corrected chi connectivity index (χ2v) is 7.26. The number of benzene rings is 1. The molecule has 0 bridgehead atoms. The molecule has 0 radical (unpaired) electrons. The highest BCUT2D eigenvalue weighted by Gasteiger charge is 2.44. The van der Waals surface area contributed by atoms with Crippen molar-refractivity contribution < 1.29 is 19.1 Å². The van der Waals surface area contributed by atoms with Crippen LogP contribution >= 0.6 is 0 Å². The molecule has 5 nitrogen and oxygen atoms in total. The number of carbonyl (C=O) groups is 2. The molecule has 0 aliphatic carbocycles. The normalized spacial score (nSPS) is 20.4. The molecule has 5 heteroatoms. The molecule has 0 spiro atoms. The number of nitrogens with zero attached hydrogens (tertiary/aromatic N) is 1. The van der Waals surface area contributed by atoms with E-state index in [4.69, 9.17) is 9.47 Å². The Bertz CT molecular complexity index is 629. The summed E-state index contributed by atoms with van der Waals surface area (Å²) in [7, 11) is 0. The lowest BCUT2D eigenvalue weighted by molar-refractivity contribution is -0.0610. The Morgan fingerprint density at radius 3 is 2.46 bits per heavy atom. The van der Waals surface area contributed by atoms with Gasteiger partial charge in [-0.15, -0.1) is 0 Å². The summed E-state index contributed by atoms with van der Waals surface area (Å²) in [5.74, 6) is -0.107. The van der Waals surface area contributed by atoms with Crippen LogP contribution in [0.1, 0.15) is 45.0 Å². The number of carbonyl (C=O) groups excluding carboxylic acids is 2. The number of rotatable bonds is 3. The number of amides is 1. The van der Waals surface area contributed by atoms with Gasteiger partial charge in [0.2, 0.25) is 0 Å². The van der Waals surface area contributed by atoms with E-state index in [9.17, 15) is 9.59 Å². The van der Waals surface area contributed by atoms with E-state index in [0.717, 1.165) is 0 Å². The lowest BCUT2D eigenvalue weighted by Gasteiger charge is -2.34. The minimum absolute atomic E-state index is 0.107. The summed E-state index contributed by atoms with van der Waals surface area (Å²) in [6.07, 6.45) is 2.74. The molecule has 1 fully saturated rings. The Hall–Kier alpha value is -2.14. The monoisotopic (exact) mass is 331 g/mol. The van der Waals surface area contributed by atoms with Crippen molar-refractivity contribution in [3.05, 3.63) is 48.0 Å². The zero-order valence-corrected chi connectivity index (χ0v) is 14.9. The lowest BCUT2D eigenvalue weighted by atomic mass is 10.1. The third-order valence-corrected chi connectivity index (χ3v) is 3.64. The van der Waals surface area contributed by atoms with Crippen LogP contribution in [0, 0.1) is 0 Å². The van der Waals surface area contributed by atoms with E-state index in [1.54, 1.807) is 18.2 Å². The molecule has 1 heterocycles. The molecule has 1 amide bonds. The Morgan fingerprint density at radius 1 is 1.25 bits per heavy atom. The smallest absolute Gasteiger partial charge is 0.413 e. The van der Waals surface area contributed by atoms with Crippen molar-refractivity contribution in [2.75, 3.05) is 6.61 Å². The molecule has 24 heavy (non-hydrogen) atoms. The molecule has 0 aromatic heterocycles. The molecule has 1 aliphatic rings. The van der Waals surface area contributed by atoms with Gasteiger partial charge >= 0.3 is 6.09 Å². The molecule has 1 aromatic carbocycles. The number of allylic oxidation sites excluding steroid dienone is 1. The summed E-state index contributed by atoms with van der Waals surface area (Å²) < 4.78 is 11.2. The van der Waals surface area contributed by atoms with Crippen LogP contribution in [0.2, 0.25) is 0 Å². The molecular formula is C19H25NO4. The maximum absolute atomic E-state index is 12.5. The van der Waals surface area contributed by atoms with Gasteiger partial charge in [0.25, 0.3) is 0 Å². The third kappa shape index (κ3) is 4.45. The lowest BCUT2D eigenvalue weighted by Crippen LogP contribution is -2.49. The van der Waals surface area contributed by atoms with E-state index in [0.29, 0.717) is 12.2 Å². The molecule has 130 valence electrons. The van der Waals surface area contributed by atoms with Crippen LogP contribution in [0.3, 0.4) is 0 Å². The fourth-order valence-electron chi connectivity index (χ4n) is 2.54. The molecule has 1 saturated heterocycles. The first-order valence-corrected chi connectivity index (χ1v) is 8.04. The second-order valence-electron chi connectivity index (χ2n) is 7.26. The van der Waals surface area contributed by atoms with Crippen molar-refractivity contribution in [1.82, 2.24) is 4.90 Å². The number of ketones is 1. The van der Waals surface area contributed by atoms with Crippen molar-refractivity contribution >= 4 is 11.9 Å².